The second-order valence-electron chi connectivity index (χ2n) is 6.79. The molecule has 0 radical (unpaired) electrons. The molecule has 3 heterocycles. The van der Waals surface area contributed by atoms with Gasteiger partial charge in [-0.1, -0.05) is 35.7 Å². The van der Waals surface area contributed by atoms with Crippen LogP contribution in [0, 0.1) is 0 Å². The molecular formula is C20H20N2O6S2. The highest BCUT2D eigenvalue weighted by atomic mass is 32.2. The van der Waals surface area contributed by atoms with Gasteiger partial charge in [-0.15, -0.1) is 0 Å². The van der Waals surface area contributed by atoms with Gasteiger partial charge in [0.1, 0.15) is 6.61 Å². The van der Waals surface area contributed by atoms with Crippen molar-refractivity contribution in [2.45, 2.75) is 29.5 Å². The van der Waals surface area contributed by atoms with Crippen LogP contribution in [0.1, 0.15) is 19.8 Å². The van der Waals surface area contributed by atoms with Crippen molar-refractivity contribution >= 4 is 53.0 Å². The minimum absolute atomic E-state index is 0.0357. The molecule has 10 heteroatoms. The van der Waals surface area contributed by atoms with E-state index in [1.54, 1.807) is 6.92 Å². The second-order valence-corrected chi connectivity index (χ2v) is 9.10. The third kappa shape index (κ3) is 3.58. The summed E-state index contributed by atoms with van der Waals surface area (Å²) >= 11 is 2.58. The monoisotopic (exact) mass is 448 g/mol. The van der Waals surface area contributed by atoms with Crippen LogP contribution in [-0.2, 0) is 28.7 Å². The van der Waals surface area contributed by atoms with E-state index in [0.717, 1.165) is 10.6 Å². The maximum absolute atomic E-state index is 13.0. The molecule has 30 heavy (non-hydrogen) atoms. The summed E-state index contributed by atoms with van der Waals surface area (Å²) in [5, 5.41) is 0.480. The smallest absolute Gasteiger partial charge is 0.343 e. The number of hydrogen-bond acceptors (Lipinski definition) is 8. The van der Waals surface area contributed by atoms with Gasteiger partial charge in [0.25, 0.3) is 0 Å². The Morgan fingerprint density at radius 2 is 2.00 bits per heavy atom. The number of para-hydroxylation sites is 1. The van der Waals surface area contributed by atoms with Gasteiger partial charge in [0.05, 0.1) is 35.7 Å². The lowest BCUT2D eigenvalue weighted by Gasteiger charge is -2.29. The first kappa shape index (κ1) is 20.8. The number of anilines is 1. The van der Waals surface area contributed by atoms with Gasteiger partial charge in [-0.25, -0.2) is 9.59 Å². The molecule has 0 N–H and O–H groups in total. The molecule has 0 bridgehead atoms. The lowest BCUT2D eigenvalue weighted by atomic mass is 10.2. The summed E-state index contributed by atoms with van der Waals surface area (Å²) < 4.78 is 10.4. The van der Waals surface area contributed by atoms with Gasteiger partial charge in [0, 0.05) is 17.7 Å². The minimum atomic E-state index is -1.09. The highest BCUT2D eigenvalue weighted by molar-refractivity contribution is 8.04. The fourth-order valence-corrected chi connectivity index (χ4v) is 6.04. The van der Waals surface area contributed by atoms with Crippen molar-refractivity contribution in [3.05, 3.63) is 35.4 Å². The number of nitrogens with zero attached hydrogens (tertiary/aromatic N) is 2. The van der Waals surface area contributed by atoms with Gasteiger partial charge in [-0.3, -0.25) is 14.5 Å². The van der Waals surface area contributed by atoms with E-state index in [-0.39, 0.29) is 43.7 Å². The molecule has 1 aromatic rings. The number of hydrogen-bond donors (Lipinski definition) is 0. The van der Waals surface area contributed by atoms with Crippen LogP contribution in [0.5, 0.6) is 0 Å². The second kappa shape index (κ2) is 8.35. The van der Waals surface area contributed by atoms with Crippen LogP contribution in [-0.4, -0.2) is 59.0 Å². The number of fused-ring (bicyclic) bond motifs is 3. The Morgan fingerprint density at radius 3 is 2.80 bits per heavy atom. The number of ether oxygens (including phenoxy) is 2. The Balaban J connectivity index is 1.42. The Bertz CT molecular complexity index is 949. The lowest BCUT2D eigenvalue weighted by molar-refractivity contribution is -0.147. The average Bonchev–Trinajstić information content (AvgIpc) is 3.35. The average molecular weight is 449 g/mol. The number of rotatable bonds is 6. The van der Waals surface area contributed by atoms with Crippen LogP contribution in [0.25, 0.3) is 0 Å². The van der Waals surface area contributed by atoms with Crippen LogP contribution in [0.15, 0.2) is 40.3 Å². The molecule has 0 aliphatic carbocycles. The highest BCUT2D eigenvalue weighted by Crippen LogP contribution is 2.56. The van der Waals surface area contributed by atoms with E-state index in [1.165, 1.54) is 39.4 Å². The van der Waals surface area contributed by atoms with Gasteiger partial charge < -0.3 is 14.4 Å². The van der Waals surface area contributed by atoms with Crippen molar-refractivity contribution in [3.63, 3.8) is 0 Å². The number of esters is 2. The SMILES string of the molecule is CCOC(=O)C=C1SCC(=O)N1CCOC(=O)C12CCC(=O)N1c1ccccc1S2. The molecule has 1 unspecified atom stereocenters. The first-order chi connectivity index (χ1) is 14.5. The molecule has 4 rings (SSSR count). The van der Waals surface area contributed by atoms with Crippen molar-refractivity contribution in [1.82, 2.24) is 4.90 Å². The minimum Gasteiger partial charge on any atom is -0.463 e. The fraction of sp³-hybridized carbons (Fsp3) is 0.400. The normalized spacial score (nSPS) is 23.7. The van der Waals surface area contributed by atoms with E-state index in [4.69, 9.17) is 9.47 Å². The molecular weight excluding hydrogens is 428 g/mol. The fourth-order valence-electron chi connectivity index (χ4n) is 3.67. The van der Waals surface area contributed by atoms with E-state index in [9.17, 15) is 19.2 Å². The zero-order chi connectivity index (χ0) is 21.3. The zero-order valence-corrected chi connectivity index (χ0v) is 17.9. The number of benzene rings is 1. The summed E-state index contributed by atoms with van der Waals surface area (Å²) in [6.07, 6.45) is 1.93. The topological polar surface area (TPSA) is 93.2 Å². The van der Waals surface area contributed by atoms with Crippen LogP contribution < -0.4 is 4.90 Å². The number of carbonyl (C=O) groups is 4. The standard InChI is InChI=1S/C20H20N2O6S2/c1-2-27-18(25)11-17-21(16(24)12-29-17)9-10-28-19(26)20-8-7-15(23)22(20)13-5-3-4-6-14(13)30-20/h3-6,11H,2,7-10,12H2,1H3. The van der Waals surface area contributed by atoms with Crippen LogP contribution in [0.4, 0.5) is 5.69 Å². The van der Waals surface area contributed by atoms with Crippen molar-refractivity contribution in [1.29, 1.82) is 0 Å². The quantitative estimate of drug-likeness (QED) is 0.483. The zero-order valence-electron chi connectivity index (χ0n) is 16.3. The van der Waals surface area contributed by atoms with Gasteiger partial charge >= 0.3 is 11.9 Å². The number of carbonyl (C=O) groups excluding carboxylic acids is 4. The third-order valence-electron chi connectivity index (χ3n) is 4.98. The van der Waals surface area contributed by atoms with E-state index < -0.39 is 16.8 Å². The highest BCUT2D eigenvalue weighted by Gasteiger charge is 2.58. The molecule has 0 saturated carbocycles. The number of amides is 2. The van der Waals surface area contributed by atoms with Crippen LogP contribution >= 0.6 is 23.5 Å². The Labute approximate surface area is 181 Å². The van der Waals surface area contributed by atoms with Gasteiger partial charge in [-0.05, 0) is 19.1 Å². The van der Waals surface area contributed by atoms with E-state index in [0.29, 0.717) is 11.4 Å². The van der Waals surface area contributed by atoms with Crippen molar-refractivity contribution in [3.8, 4) is 0 Å². The predicted octanol–water partition coefficient (Wildman–Crippen LogP) is 2.14. The van der Waals surface area contributed by atoms with Crippen LogP contribution in [0.3, 0.4) is 0 Å². The molecule has 1 atom stereocenters. The Kier molecular flexibility index (Phi) is 5.79. The summed E-state index contributed by atoms with van der Waals surface area (Å²) in [5.41, 5.74) is 0.729. The Morgan fingerprint density at radius 1 is 1.20 bits per heavy atom. The van der Waals surface area contributed by atoms with Gasteiger partial charge in [0.2, 0.25) is 11.8 Å². The summed E-state index contributed by atoms with van der Waals surface area (Å²) in [6, 6.07) is 7.41. The largest absolute Gasteiger partial charge is 0.463 e. The van der Waals surface area contributed by atoms with E-state index in [1.807, 2.05) is 24.3 Å². The van der Waals surface area contributed by atoms with Crippen LogP contribution in [0.2, 0.25) is 0 Å². The number of thioether (sulfide) groups is 2. The first-order valence-corrected chi connectivity index (χ1v) is 11.4. The first-order valence-electron chi connectivity index (χ1n) is 9.56. The van der Waals surface area contributed by atoms with Crippen molar-refractivity contribution in [2.75, 3.05) is 30.4 Å². The van der Waals surface area contributed by atoms with E-state index in [2.05, 4.69) is 0 Å². The Hall–Kier alpha value is -2.46. The molecule has 1 aromatic carbocycles. The molecule has 0 aromatic heterocycles. The molecule has 2 amide bonds. The molecule has 3 aliphatic rings. The summed E-state index contributed by atoms with van der Waals surface area (Å²) in [6.45, 7) is 2.04. The summed E-state index contributed by atoms with van der Waals surface area (Å²) in [7, 11) is 0. The summed E-state index contributed by atoms with van der Waals surface area (Å²) in [5.74, 6) is -1.06. The molecule has 158 valence electrons. The third-order valence-corrected chi connectivity index (χ3v) is 7.46. The van der Waals surface area contributed by atoms with Gasteiger partial charge in [-0.2, -0.15) is 0 Å². The predicted molar refractivity (Wildman–Crippen MR) is 112 cm³/mol. The summed E-state index contributed by atoms with van der Waals surface area (Å²) in [4.78, 5) is 52.1. The molecule has 2 fully saturated rings. The van der Waals surface area contributed by atoms with Crippen molar-refractivity contribution in [2.24, 2.45) is 0 Å². The molecule has 8 nitrogen and oxygen atoms in total. The lowest BCUT2D eigenvalue weighted by Crippen LogP contribution is -2.48. The van der Waals surface area contributed by atoms with Crippen molar-refractivity contribution < 1.29 is 28.7 Å². The van der Waals surface area contributed by atoms with Gasteiger partial charge in [0.15, 0.2) is 4.87 Å². The molecule has 2 saturated heterocycles. The maximum Gasteiger partial charge on any atom is 0.343 e. The molecule has 3 aliphatic heterocycles. The molecule has 0 spiro atoms. The maximum atomic E-state index is 13.0. The van der Waals surface area contributed by atoms with E-state index >= 15 is 0 Å².